The zero-order chi connectivity index (χ0) is 11.2. The van der Waals surface area contributed by atoms with Gasteiger partial charge in [0, 0.05) is 0 Å². The van der Waals surface area contributed by atoms with Gasteiger partial charge in [-0.25, -0.2) is 0 Å². The van der Waals surface area contributed by atoms with Gasteiger partial charge in [0.25, 0.3) is 0 Å². The molecule has 81 valence electrons. The molecular weight excluding hydrogens is 200 g/mol. The molecule has 0 fully saturated rings. The highest BCUT2D eigenvalue weighted by molar-refractivity contribution is 5.28. The highest BCUT2D eigenvalue weighted by Gasteiger charge is 1.97. The minimum atomic E-state index is 0.537. The molecule has 0 aliphatic heterocycles. The van der Waals surface area contributed by atoms with Gasteiger partial charge in [-0.3, -0.25) is 0 Å². The molecule has 2 rings (SSSR count). The van der Waals surface area contributed by atoms with E-state index in [2.05, 4.69) is 6.07 Å². The zero-order valence-corrected chi connectivity index (χ0v) is 9.14. The summed E-state index contributed by atoms with van der Waals surface area (Å²) < 4.78 is 10.7. The molecule has 1 radical (unpaired) electrons. The van der Waals surface area contributed by atoms with Crippen molar-refractivity contribution in [3.05, 3.63) is 60.2 Å². The molecule has 0 aromatic heterocycles. The fraction of sp³-hybridized carbons (Fsp3) is 0.143. The second-order valence-corrected chi connectivity index (χ2v) is 3.38. The third kappa shape index (κ3) is 2.76. The van der Waals surface area contributed by atoms with Crippen molar-refractivity contribution in [2.75, 3.05) is 7.11 Å². The Morgan fingerprint density at radius 2 is 2.00 bits per heavy atom. The lowest BCUT2D eigenvalue weighted by molar-refractivity contribution is 0.305. The molecule has 2 aromatic carbocycles. The van der Waals surface area contributed by atoms with Gasteiger partial charge in [-0.15, -0.1) is 0 Å². The SMILES string of the molecule is COc1cccc(COc2c[c]ccc2)c1. The Kier molecular flexibility index (Phi) is 3.44. The molecule has 0 spiro atoms. The number of benzene rings is 2. The Morgan fingerprint density at radius 3 is 2.75 bits per heavy atom. The summed E-state index contributed by atoms with van der Waals surface area (Å²) >= 11 is 0. The van der Waals surface area contributed by atoms with Crippen molar-refractivity contribution in [1.82, 2.24) is 0 Å². The molecule has 0 bridgehead atoms. The summed E-state index contributed by atoms with van der Waals surface area (Å²) in [7, 11) is 1.66. The molecular formula is C14H13O2. The van der Waals surface area contributed by atoms with Crippen molar-refractivity contribution in [2.45, 2.75) is 6.61 Å². The van der Waals surface area contributed by atoms with Gasteiger partial charge in [0.15, 0.2) is 0 Å². The minimum absolute atomic E-state index is 0.537. The Balaban J connectivity index is 1.99. The van der Waals surface area contributed by atoms with Crippen LogP contribution < -0.4 is 9.47 Å². The normalized spacial score (nSPS) is 9.81. The average molecular weight is 213 g/mol. The highest BCUT2D eigenvalue weighted by atomic mass is 16.5. The van der Waals surface area contributed by atoms with Crippen LogP contribution in [-0.4, -0.2) is 7.11 Å². The Hall–Kier alpha value is -1.96. The molecule has 0 aliphatic carbocycles. The summed E-state index contributed by atoms with van der Waals surface area (Å²) in [6.07, 6.45) is 0. The third-order valence-corrected chi connectivity index (χ3v) is 2.22. The van der Waals surface area contributed by atoms with Gasteiger partial charge >= 0.3 is 0 Å². The van der Waals surface area contributed by atoms with Gasteiger partial charge in [0.1, 0.15) is 18.1 Å². The predicted molar refractivity (Wildman–Crippen MR) is 62.6 cm³/mol. The first kappa shape index (κ1) is 10.6. The van der Waals surface area contributed by atoms with Crippen LogP contribution in [0.2, 0.25) is 0 Å². The summed E-state index contributed by atoms with van der Waals surface area (Å²) in [4.78, 5) is 0. The Bertz CT molecular complexity index is 437. The van der Waals surface area contributed by atoms with E-state index in [0.717, 1.165) is 17.1 Å². The van der Waals surface area contributed by atoms with Crippen molar-refractivity contribution >= 4 is 0 Å². The maximum absolute atomic E-state index is 5.60. The lowest BCUT2D eigenvalue weighted by atomic mass is 10.2. The van der Waals surface area contributed by atoms with Gasteiger partial charge in [-0.05, 0) is 35.9 Å². The van der Waals surface area contributed by atoms with Gasteiger partial charge < -0.3 is 9.47 Å². The monoisotopic (exact) mass is 213 g/mol. The molecule has 2 heteroatoms. The molecule has 0 saturated heterocycles. The van der Waals surface area contributed by atoms with E-state index in [4.69, 9.17) is 9.47 Å². The van der Waals surface area contributed by atoms with E-state index in [1.54, 1.807) is 7.11 Å². The highest BCUT2D eigenvalue weighted by Crippen LogP contribution is 2.15. The summed E-state index contributed by atoms with van der Waals surface area (Å²) in [5.74, 6) is 1.67. The molecule has 0 N–H and O–H groups in total. The van der Waals surface area contributed by atoms with Gasteiger partial charge in [-0.1, -0.05) is 24.3 Å². The number of hydrogen-bond acceptors (Lipinski definition) is 2. The first-order valence-electron chi connectivity index (χ1n) is 5.10. The van der Waals surface area contributed by atoms with E-state index in [-0.39, 0.29) is 0 Å². The van der Waals surface area contributed by atoms with Crippen LogP contribution in [-0.2, 0) is 6.61 Å². The van der Waals surface area contributed by atoms with Crippen LogP contribution in [0.3, 0.4) is 0 Å². The average Bonchev–Trinajstić information content (AvgIpc) is 2.38. The van der Waals surface area contributed by atoms with E-state index in [9.17, 15) is 0 Å². The molecule has 0 atom stereocenters. The summed E-state index contributed by atoms with van der Waals surface area (Å²) in [6, 6.07) is 18.3. The fourth-order valence-electron chi connectivity index (χ4n) is 1.40. The molecule has 0 aliphatic rings. The quantitative estimate of drug-likeness (QED) is 0.777. The maximum atomic E-state index is 5.60. The van der Waals surface area contributed by atoms with E-state index in [1.807, 2.05) is 48.5 Å². The summed E-state index contributed by atoms with van der Waals surface area (Å²) in [5.41, 5.74) is 1.09. The van der Waals surface area contributed by atoms with E-state index in [0.29, 0.717) is 6.61 Å². The fourth-order valence-corrected chi connectivity index (χ4v) is 1.40. The molecule has 2 nitrogen and oxygen atoms in total. The second-order valence-electron chi connectivity index (χ2n) is 3.38. The van der Waals surface area contributed by atoms with E-state index >= 15 is 0 Å². The first-order chi connectivity index (χ1) is 7.88. The molecule has 16 heavy (non-hydrogen) atoms. The van der Waals surface area contributed by atoms with Crippen molar-refractivity contribution < 1.29 is 9.47 Å². The maximum Gasteiger partial charge on any atom is 0.120 e. The van der Waals surface area contributed by atoms with Gasteiger partial charge in [-0.2, -0.15) is 0 Å². The smallest absolute Gasteiger partial charge is 0.120 e. The van der Waals surface area contributed by atoms with Crippen LogP contribution in [0.5, 0.6) is 11.5 Å². The largest absolute Gasteiger partial charge is 0.497 e. The van der Waals surface area contributed by atoms with Crippen LogP contribution in [0.4, 0.5) is 0 Å². The lowest BCUT2D eigenvalue weighted by Crippen LogP contribution is -1.95. The topological polar surface area (TPSA) is 18.5 Å². The van der Waals surface area contributed by atoms with Gasteiger partial charge in [0.05, 0.1) is 7.11 Å². The lowest BCUT2D eigenvalue weighted by Gasteiger charge is -2.07. The number of rotatable bonds is 4. The molecule has 0 unspecified atom stereocenters. The zero-order valence-electron chi connectivity index (χ0n) is 9.14. The summed E-state index contributed by atoms with van der Waals surface area (Å²) in [6.45, 7) is 0.537. The number of ether oxygens (including phenoxy) is 2. The first-order valence-corrected chi connectivity index (χ1v) is 5.10. The molecule has 0 heterocycles. The number of methoxy groups -OCH3 is 1. The number of hydrogen-bond donors (Lipinski definition) is 0. The van der Waals surface area contributed by atoms with Crippen LogP contribution in [0.15, 0.2) is 48.5 Å². The predicted octanol–water partition coefficient (Wildman–Crippen LogP) is 3.07. The third-order valence-electron chi connectivity index (χ3n) is 2.22. The van der Waals surface area contributed by atoms with Crippen molar-refractivity contribution in [1.29, 1.82) is 0 Å². The Morgan fingerprint density at radius 1 is 1.12 bits per heavy atom. The van der Waals surface area contributed by atoms with Crippen LogP contribution in [0, 0.1) is 6.07 Å². The van der Waals surface area contributed by atoms with E-state index < -0.39 is 0 Å². The summed E-state index contributed by atoms with van der Waals surface area (Å²) in [5, 5.41) is 0. The van der Waals surface area contributed by atoms with Crippen molar-refractivity contribution in [3.8, 4) is 11.5 Å². The van der Waals surface area contributed by atoms with Crippen LogP contribution in [0.25, 0.3) is 0 Å². The Labute approximate surface area is 95.4 Å². The van der Waals surface area contributed by atoms with E-state index in [1.165, 1.54) is 0 Å². The molecule has 2 aromatic rings. The van der Waals surface area contributed by atoms with Crippen LogP contribution in [0.1, 0.15) is 5.56 Å². The standard InChI is InChI=1S/C14H13O2/c1-15-14-9-5-6-12(10-14)11-16-13-7-3-2-4-8-13/h2-3,5-10H,11H2,1H3. The molecule has 0 amide bonds. The van der Waals surface area contributed by atoms with Crippen molar-refractivity contribution in [3.63, 3.8) is 0 Å². The molecule has 0 saturated carbocycles. The second kappa shape index (κ2) is 5.21. The van der Waals surface area contributed by atoms with Gasteiger partial charge in [0.2, 0.25) is 0 Å². The minimum Gasteiger partial charge on any atom is -0.497 e. The van der Waals surface area contributed by atoms with Crippen LogP contribution >= 0.6 is 0 Å². The van der Waals surface area contributed by atoms with Crippen molar-refractivity contribution in [2.24, 2.45) is 0 Å².